The largest absolute Gasteiger partial charge is 0.490 e. The Morgan fingerprint density at radius 3 is 2.75 bits per heavy atom. The summed E-state index contributed by atoms with van der Waals surface area (Å²) in [6.07, 6.45) is 3.15. The summed E-state index contributed by atoms with van der Waals surface area (Å²) in [5.41, 5.74) is 3.23. The van der Waals surface area contributed by atoms with Crippen LogP contribution in [-0.2, 0) is 12.8 Å². The molecule has 1 aliphatic rings. The Morgan fingerprint density at radius 2 is 2.00 bits per heavy atom. The molecule has 20 heavy (non-hydrogen) atoms. The van der Waals surface area contributed by atoms with Crippen LogP contribution >= 0.6 is 0 Å². The summed E-state index contributed by atoms with van der Waals surface area (Å²) in [5, 5.41) is 0. The summed E-state index contributed by atoms with van der Waals surface area (Å²) in [7, 11) is 0. The molecule has 2 aromatic rings. The number of Topliss-reactive ketones (excluding diaryl/α,β-unsaturated/α-hetero) is 1. The van der Waals surface area contributed by atoms with Crippen LogP contribution in [0.1, 0.15) is 34.8 Å². The third-order valence-corrected chi connectivity index (χ3v) is 3.80. The molecule has 0 bridgehead atoms. The van der Waals surface area contributed by atoms with Crippen molar-refractivity contribution in [3.63, 3.8) is 0 Å². The van der Waals surface area contributed by atoms with Gasteiger partial charge in [-0.25, -0.2) is 0 Å². The molecule has 2 nitrogen and oxygen atoms in total. The summed E-state index contributed by atoms with van der Waals surface area (Å²) in [4.78, 5) is 11.4. The molecule has 0 saturated heterocycles. The Labute approximate surface area is 119 Å². The lowest BCUT2D eigenvalue weighted by Crippen LogP contribution is -2.25. The fraction of sp³-hybridized carbons (Fsp3) is 0.278. The van der Waals surface area contributed by atoms with Crippen molar-refractivity contribution in [2.45, 2.75) is 32.3 Å². The van der Waals surface area contributed by atoms with Crippen molar-refractivity contribution in [3.8, 4) is 5.75 Å². The van der Waals surface area contributed by atoms with Crippen molar-refractivity contribution in [2.75, 3.05) is 0 Å². The highest BCUT2D eigenvalue weighted by Gasteiger charge is 2.20. The van der Waals surface area contributed by atoms with Gasteiger partial charge in [-0.3, -0.25) is 4.79 Å². The molecule has 0 N–H and O–H groups in total. The predicted molar refractivity (Wildman–Crippen MR) is 79.3 cm³/mol. The molecule has 102 valence electrons. The number of ether oxygens (including phenoxy) is 1. The molecule has 0 radical (unpaired) electrons. The van der Waals surface area contributed by atoms with Crippen molar-refractivity contribution in [1.82, 2.24) is 0 Å². The number of hydrogen-bond acceptors (Lipinski definition) is 2. The Balaban J connectivity index is 1.74. The number of hydrogen-bond donors (Lipinski definition) is 0. The molecule has 0 fully saturated rings. The fourth-order valence-electron chi connectivity index (χ4n) is 2.68. The Morgan fingerprint density at radius 1 is 1.20 bits per heavy atom. The van der Waals surface area contributed by atoms with Crippen LogP contribution in [0.15, 0.2) is 48.5 Å². The summed E-state index contributed by atoms with van der Waals surface area (Å²) in [5.74, 6) is 1.04. The third-order valence-electron chi connectivity index (χ3n) is 3.80. The first kappa shape index (κ1) is 12.9. The molecule has 0 saturated carbocycles. The number of fused-ring (bicyclic) bond motifs is 1. The molecule has 0 aromatic heterocycles. The van der Waals surface area contributed by atoms with E-state index in [1.54, 1.807) is 6.92 Å². The molecule has 1 atom stereocenters. The summed E-state index contributed by atoms with van der Waals surface area (Å²) < 4.78 is 6.06. The van der Waals surface area contributed by atoms with E-state index in [2.05, 4.69) is 24.3 Å². The molecule has 1 unspecified atom stereocenters. The van der Waals surface area contributed by atoms with Gasteiger partial charge in [0.2, 0.25) is 0 Å². The average Bonchev–Trinajstić information content (AvgIpc) is 2.47. The molecule has 1 aliphatic heterocycles. The van der Waals surface area contributed by atoms with Gasteiger partial charge in [-0.1, -0.05) is 30.3 Å². The SMILES string of the molecule is CC(=O)c1ccc2c(c1)CCC(Cc1ccccc1)O2. The van der Waals surface area contributed by atoms with Crippen molar-refractivity contribution in [1.29, 1.82) is 0 Å². The molecule has 1 heterocycles. The van der Waals surface area contributed by atoms with Crippen LogP contribution in [0.25, 0.3) is 0 Å². The minimum absolute atomic E-state index is 0.110. The average molecular weight is 266 g/mol. The number of ketones is 1. The zero-order chi connectivity index (χ0) is 13.9. The van der Waals surface area contributed by atoms with Crippen LogP contribution in [-0.4, -0.2) is 11.9 Å². The summed E-state index contributed by atoms with van der Waals surface area (Å²) in [6, 6.07) is 16.2. The standard InChI is InChI=1S/C18H18O2/c1-13(19)15-8-10-18-16(12-15)7-9-17(20-18)11-14-5-3-2-4-6-14/h2-6,8,10,12,17H,7,9,11H2,1H3. The highest BCUT2D eigenvalue weighted by atomic mass is 16.5. The van der Waals surface area contributed by atoms with Gasteiger partial charge in [0.25, 0.3) is 0 Å². The van der Waals surface area contributed by atoms with Gasteiger partial charge in [0.05, 0.1) is 0 Å². The maximum Gasteiger partial charge on any atom is 0.159 e. The van der Waals surface area contributed by atoms with E-state index >= 15 is 0 Å². The zero-order valence-electron chi connectivity index (χ0n) is 11.6. The third kappa shape index (κ3) is 2.74. The minimum Gasteiger partial charge on any atom is -0.490 e. The van der Waals surface area contributed by atoms with Gasteiger partial charge < -0.3 is 4.74 Å². The van der Waals surface area contributed by atoms with Gasteiger partial charge in [-0.05, 0) is 49.1 Å². The number of carbonyl (C=O) groups excluding carboxylic acids is 1. The van der Waals surface area contributed by atoms with E-state index in [-0.39, 0.29) is 11.9 Å². The lowest BCUT2D eigenvalue weighted by molar-refractivity contribution is 0.101. The van der Waals surface area contributed by atoms with Crippen molar-refractivity contribution >= 4 is 5.78 Å². The Bertz CT molecular complexity index is 617. The second-order valence-corrected chi connectivity index (χ2v) is 5.35. The fourth-order valence-corrected chi connectivity index (χ4v) is 2.68. The first-order valence-corrected chi connectivity index (χ1v) is 7.07. The van der Waals surface area contributed by atoms with Crippen molar-refractivity contribution in [3.05, 3.63) is 65.2 Å². The normalized spacial score (nSPS) is 17.1. The van der Waals surface area contributed by atoms with Gasteiger partial charge in [-0.15, -0.1) is 0 Å². The van der Waals surface area contributed by atoms with Crippen molar-refractivity contribution in [2.24, 2.45) is 0 Å². The summed E-state index contributed by atoms with van der Waals surface area (Å²) in [6.45, 7) is 1.60. The topological polar surface area (TPSA) is 26.3 Å². The first-order chi connectivity index (χ1) is 9.72. The number of aryl methyl sites for hydroxylation is 1. The second kappa shape index (κ2) is 5.49. The molecule has 0 spiro atoms. The van der Waals surface area contributed by atoms with E-state index < -0.39 is 0 Å². The van der Waals surface area contributed by atoms with E-state index in [0.717, 1.165) is 36.1 Å². The van der Waals surface area contributed by atoms with Crippen molar-refractivity contribution < 1.29 is 9.53 Å². The first-order valence-electron chi connectivity index (χ1n) is 7.07. The van der Waals surface area contributed by atoms with E-state index in [1.807, 2.05) is 24.3 Å². The van der Waals surface area contributed by atoms with E-state index in [0.29, 0.717) is 0 Å². The van der Waals surface area contributed by atoms with Crippen LogP contribution < -0.4 is 4.74 Å². The molecule has 3 rings (SSSR count). The molecule has 0 amide bonds. The van der Waals surface area contributed by atoms with Gasteiger partial charge in [-0.2, -0.15) is 0 Å². The quantitative estimate of drug-likeness (QED) is 0.789. The molecule has 0 aliphatic carbocycles. The Hall–Kier alpha value is -2.09. The molecular formula is C18H18O2. The van der Waals surface area contributed by atoms with E-state index in [4.69, 9.17) is 4.74 Å². The van der Waals surface area contributed by atoms with Gasteiger partial charge in [0.15, 0.2) is 5.78 Å². The number of benzene rings is 2. The number of carbonyl (C=O) groups is 1. The van der Waals surface area contributed by atoms with E-state index in [1.165, 1.54) is 5.56 Å². The minimum atomic E-state index is 0.110. The Kier molecular flexibility index (Phi) is 3.55. The maximum absolute atomic E-state index is 11.4. The van der Waals surface area contributed by atoms with Crippen LogP contribution in [0.2, 0.25) is 0 Å². The zero-order valence-corrected chi connectivity index (χ0v) is 11.6. The van der Waals surface area contributed by atoms with Crippen LogP contribution in [0.4, 0.5) is 0 Å². The highest BCUT2D eigenvalue weighted by molar-refractivity contribution is 5.94. The molecular weight excluding hydrogens is 248 g/mol. The van der Waals surface area contributed by atoms with Gasteiger partial charge in [0, 0.05) is 12.0 Å². The van der Waals surface area contributed by atoms with Gasteiger partial charge in [0.1, 0.15) is 11.9 Å². The highest BCUT2D eigenvalue weighted by Crippen LogP contribution is 2.29. The number of rotatable bonds is 3. The lowest BCUT2D eigenvalue weighted by atomic mass is 9.96. The van der Waals surface area contributed by atoms with Crippen LogP contribution in [0.3, 0.4) is 0 Å². The van der Waals surface area contributed by atoms with Crippen LogP contribution in [0.5, 0.6) is 5.75 Å². The smallest absolute Gasteiger partial charge is 0.159 e. The monoisotopic (exact) mass is 266 g/mol. The predicted octanol–water partition coefficient (Wildman–Crippen LogP) is 3.83. The lowest BCUT2D eigenvalue weighted by Gasteiger charge is -2.26. The molecule has 2 aromatic carbocycles. The molecule has 2 heteroatoms. The van der Waals surface area contributed by atoms with Crippen LogP contribution in [0, 0.1) is 0 Å². The van der Waals surface area contributed by atoms with Gasteiger partial charge >= 0.3 is 0 Å². The van der Waals surface area contributed by atoms with E-state index in [9.17, 15) is 4.79 Å². The second-order valence-electron chi connectivity index (χ2n) is 5.35. The maximum atomic E-state index is 11.4. The summed E-state index contributed by atoms with van der Waals surface area (Å²) >= 11 is 0.